The number of carbonyl (C=O) groups excluding carboxylic acids is 1. The summed E-state index contributed by atoms with van der Waals surface area (Å²) >= 11 is 0. The van der Waals surface area contributed by atoms with Gasteiger partial charge in [-0.15, -0.1) is 6.58 Å². The van der Waals surface area contributed by atoms with Crippen molar-refractivity contribution in [1.82, 2.24) is 10.3 Å². The number of allylic oxidation sites excluding steroid dienone is 3. The Morgan fingerprint density at radius 3 is 2.70 bits per heavy atom. The third-order valence-electron chi connectivity index (χ3n) is 7.06. The van der Waals surface area contributed by atoms with Crippen LogP contribution >= 0.6 is 0 Å². The van der Waals surface area contributed by atoms with E-state index in [-0.39, 0.29) is 29.3 Å². The highest BCUT2D eigenvalue weighted by Crippen LogP contribution is 2.41. The summed E-state index contributed by atoms with van der Waals surface area (Å²) in [5.74, 6) is 0.217. The number of H-pyrrole nitrogens is 1. The number of rotatable bonds is 8. The minimum absolute atomic E-state index is 0.0542. The minimum atomic E-state index is -0.261. The smallest absolute Gasteiger partial charge is 0.243 e. The molecule has 2 heterocycles. The Labute approximate surface area is 199 Å². The molecule has 0 bridgehead atoms. The molecule has 1 aliphatic rings. The van der Waals surface area contributed by atoms with E-state index in [0.29, 0.717) is 6.61 Å². The van der Waals surface area contributed by atoms with Gasteiger partial charge in [0.25, 0.3) is 0 Å². The maximum atomic E-state index is 13.3. The fourth-order valence-electron chi connectivity index (χ4n) is 5.22. The van der Waals surface area contributed by atoms with Crippen LogP contribution in [0.3, 0.4) is 0 Å². The third kappa shape index (κ3) is 5.03. The number of nitrogens with zero attached hydrogens (tertiary/aromatic N) is 1. The number of benzene rings is 1. The lowest BCUT2D eigenvalue weighted by atomic mass is 9.77. The number of aromatic nitrogens is 1. The maximum Gasteiger partial charge on any atom is 0.243 e. The fourth-order valence-corrected chi connectivity index (χ4v) is 5.22. The first-order valence-electron chi connectivity index (χ1n) is 12.1. The van der Waals surface area contributed by atoms with Gasteiger partial charge in [-0.1, -0.05) is 44.6 Å². The van der Waals surface area contributed by atoms with E-state index in [1.165, 1.54) is 22.1 Å². The van der Waals surface area contributed by atoms with E-state index in [2.05, 4.69) is 86.9 Å². The van der Waals surface area contributed by atoms with E-state index in [1.54, 1.807) is 7.11 Å². The lowest BCUT2D eigenvalue weighted by molar-refractivity contribution is -0.124. The average Bonchev–Trinajstić information content (AvgIpc) is 3.16. The zero-order valence-corrected chi connectivity index (χ0v) is 21.4. The Morgan fingerprint density at radius 1 is 1.36 bits per heavy atom. The molecule has 0 unspecified atom stereocenters. The third-order valence-corrected chi connectivity index (χ3v) is 7.06. The van der Waals surface area contributed by atoms with E-state index < -0.39 is 0 Å². The van der Waals surface area contributed by atoms with Gasteiger partial charge in [-0.3, -0.25) is 4.79 Å². The number of likely N-dealkylation sites (N-methyl/N-ethyl adjacent to an activating group) is 1. The number of methoxy groups -OCH3 is 1. The first-order chi connectivity index (χ1) is 15.6. The van der Waals surface area contributed by atoms with Crippen molar-refractivity contribution in [2.75, 3.05) is 25.7 Å². The van der Waals surface area contributed by atoms with Gasteiger partial charge >= 0.3 is 0 Å². The molecule has 3 atom stereocenters. The topological polar surface area (TPSA) is 57.4 Å². The number of carbonyl (C=O) groups is 1. The Hall–Kier alpha value is -2.53. The molecule has 33 heavy (non-hydrogen) atoms. The highest BCUT2D eigenvalue weighted by atomic mass is 16.5. The predicted molar refractivity (Wildman–Crippen MR) is 139 cm³/mol. The Balaban J connectivity index is 2.19. The summed E-state index contributed by atoms with van der Waals surface area (Å²) in [4.78, 5) is 19.0. The number of ether oxygens (including phenoxy) is 1. The number of hydrogen-bond donors (Lipinski definition) is 2. The van der Waals surface area contributed by atoms with Crippen molar-refractivity contribution in [2.24, 2.45) is 5.92 Å². The summed E-state index contributed by atoms with van der Waals surface area (Å²) in [5, 5.41) is 4.44. The maximum absolute atomic E-state index is 13.3. The normalized spacial score (nSPS) is 20.6. The van der Waals surface area contributed by atoms with Gasteiger partial charge in [0, 0.05) is 36.8 Å². The van der Waals surface area contributed by atoms with E-state index >= 15 is 0 Å². The van der Waals surface area contributed by atoms with E-state index in [9.17, 15) is 4.79 Å². The van der Waals surface area contributed by atoms with Crippen LogP contribution in [-0.2, 0) is 21.4 Å². The molecule has 2 N–H and O–H groups in total. The van der Waals surface area contributed by atoms with Gasteiger partial charge in [0.05, 0.1) is 18.2 Å². The van der Waals surface area contributed by atoms with Crippen LogP contribution in [0.25, 0.3) is 10.9 Å². The molecular weight excluding hydrogens is 410 g/mol. The van der Waals surface area contributed by atoms with Crippen LogP contribution in [0.5, 0.6) is 0 Å². The predicted octanol–water partition coefficient (Wildman–Crippen LogP) is 5.51. The first-order valence-corrected chi connectivity index (χ1v) is 12.1. The van der Waals surface area contributed by atoms with Crippen molar-refractivity contribution in [1.29, 1.82) is 0 Å². The first kappa shape index (κ1) is 25.1. The lowest BCUT2D eigenvalue weighted by Gasteiger charge is -2.34. The van der Waals surface area contributed by atoms with E-state index in [0.717, 1.165) is 30.5 Å². The van der Waals surface area contributed by atoms with Crippen LogP contribution in [0.15, 0.2) is 42.6 Å². The van der Waals surface area contributed by atoms with Crippen LogP contribution < -0.4 is 10.2 Å². The lowest BCUT2D eigenvalue weighted by Crippen LogP contribution is -2.52. The van der Waals surface area contributed by atoms with Gasteiger partial charge in [0.1, 0.15) is 6.04 Å². The number of aromatic amines is 1. The van der Waals surface area contributed by atoms with Crippen molar-refractivity contribution in [3.63, 3.8) is 0 Å². The zero-order chi connectivity index (χ0) is 24.3. The van der Waals surface area contributed by atoms with Crippen molar-refractivity contribution in [3.05, 3.63) is 53.8 Å². The van der Waals surface area contributed by atoms with Gasteiger partial charge in [0.15, 0.2) is 0 Å². The van der Waals surface area contributed by atoms with Gasteiger partial charge in [-0.25, -0.2) is 0 Å². The molecule has 180 valence electrons. The number of hydrogen-bond acceptors (Lipinski definition) is 3. The Kier molecular flexibility index (Phi) is 7.73. The monoisotopic (exact) mass is 451 g/mol. The van der Waals surface area contributed by atoms with Crippen molar-refractivity contribution in [3.8, 4) is 0 Å². The summed E-state index contributed by atoms with van der Waals surface area (Å²) in [6, 6.07) is 4.08. The average molecular weight is 452 g/mol. The number of amides is 1. The zero-order valence-electron chi connectivity index (χ0n) is 21.4. The standard InChI is InChI=1S/C28H41N3O2/c1-9-28(6,14-10-11-18(2)3)22-12-13-23-24-20(16-29-25(22)24)15-21(17-33-8)30-27(32)26(19(4)5)31(23)7/h9,11-13,16,19,21,26,29H,1,10,14-15,17H2,2-8H3,(H,30,32)/t21-,26-,28-/m0/s1. The highest BCUT2D eigenvalue weighted by Gasteiger charge is 2.34. The molecule has 3 rings (SSSR count). The molecule has 0 radical (unpaired) electrons. The molecular formula is C28H41N3O2. The summed E-state index contributed by atoms with van der Waals surface area (Å²) in [7, 11) is 3.72. The van der Waals surface area contributed by atoms with Gasteiger partial charge in [-0.2, -0.15) is 0 Å². The van der Waals surface area contributed by atoms with Crippen LogP contribution in [0.1, 0.15) is 58.6 Å². The van der Waals surface area contributed by atoms with E-state index in [4.69, 9.17) is 4.74 Å². The molecule has 0 spiro atoms. The molecule has 1 aromatic carbocycles. The largest absolute Gasteiger partial charge is 0.383 e. The molecule has 0 aliphatic carbocycles. The van der Waals surface area contributed by atoms with Crippen LogP contribution in [0, 0.1) is 5.92 Å². The number of nitrogens with one attached hydrogen (secondary N) is 2. The molecule has 2 aromatic rings. The molecule has 1 amide bonds. The van der Waals surface area contributed by atoms with Gasteiger partial charge in [0.2, 0.25) is 5.91 Å². The number of anilines is 1. The van der Waals surface area contributed by atoms with Gasteiger partial charge in [-0.05, 0) is 56.2 Å². The molecule has 5 heteroatoms. The molecule has 1 aromatic heterocycles. The van der Waals surface area contributed by atoms with Crippen molar-refractivity contribution < 1.29 is 9.53 Å². The summed E-state index contributed by atoms with van der Waals surface area (Å²) in [5.41, 5.74) is 5.86. The van der Waals surface area contributed by atoms with Crippen LogP contribution in [0.2, 0.25) is 0 Å². The minimum Gasteiger partial charge on any atom is -0.383 e. The van der Waals surface area contributed by atoms with Crippen LogP contribution in [0.4, 0.5) is 5.69 Å². The summed E-state index contributed by atoms with van der Waals surface area (Å²) in [6.45, 7) is 15.4. The quantitative estimate of drug-likeness (QED) is 0.521. The summed E-state index contributed by atoms with van der Waals surface area (Å²) in [6.07, 6.45) is 9.20. The second-order valence-corrected chi connectivity index (χ2v) is 10.3. The SMILES string of the molecule is C=C[C@@](C)(CCC=C(C)C)c1ccc2c3c(c[nH]c13)C[C@@H](COC)NC(=O)[C@H](C(C)C)N2C. The molecule has 0 saturated heterocycles. The highest BCUT2D eigenvalue weighted by molar-refractivity contribution is 6.00. The molecule has 0 fully saturated rings. The second kappa shape index (κ2) is 10.2. The van der Waals surface area contributed by atoms with E-state index in [1.807, 2.05) is 7.05 Å². The molecule has 1 aliphatic heterocycles. The second-order valence-electron chi connectivity index (χ2n) is 10.3. The molecule has 0 saturated carbocycles. The Bertz CT molecular complexity index is 1030. The fraction of sp³-hybridized carbons (Fsp3) is 0.536. The van der Waals surface area contributed by atoms with Crippen molar-refractivity contribution in [2.45, 2.75) is 71.4 Å². The summed E-state index contributed by atoms with van der Waals surface area (Å²) < 4.78 is 5.45. The van der Waals surface area contributed by atoms with Crippen LogP contribution in [-0.4, -0.2) is 43.7 Å². The molecule has 5 nitrogen and oxygen atoms in total. The van der Waals surface area contributed by atoms with Crippen molar-refractivity contribution >= 4 is 22.5 Å². The Morgan fingerprint density at radius 2 is 2.09 bits per heavy atom. The van der Waals surface area contributed by atoms with Gasteiger partial charge < -0.3 is 19.9 Å².